The fourth-order valence-corrected chi connectivity index (χ4v) is 3.59. The van der Waals surface area contributed by atoms with Crippen LogP contribution in [0.25, 0.3) is 0 Å². The molecule has 0 N–H and O–H groups in total. The van der Waals surface area contributed by atoms with Crippen LogP contribution in [0.4, 0.5) is 5.69 Å². The second-order valence-electron chi connectivity index (χ2n) is 6.21. The highest BCUT2D eigenvalue weighted by molar-refractivity contribution is 7.89. The Bertz CT molecular complexity index is 852. The summed E-state index contributed by atoms with van der Waals surface area (Å²) >= 11 is 0. The molecule has 0 aromatic heterocycles. The van der Waals surface area contributed by atoms with Gasteiger partial charge in [0.05, 0.1) is 4.90 Å². The number of carbonyl (C=O) groups is 1. The van der Waals surface area contributed by atoms with Crippen LogP contribution < -0.4 is 4.90 Å². The summed E-state index contributed by atoms with van der Waals surface area (Å²) < 4.78 is 25.4. The SMILES string of the molecule is CCN(C(=O)c1ccc(S(=O)(=O)N(C)C)cc1)c1cc(C)cc(C)c1. The van der Waals surface area contributed by atoms with Crippen LogP contribution in [0.2, 0.25) is 0 Å². The van der Waals surface area contributed by atoms with Crippen LogP contribution in [0.1, 0.15) is 28.4 Å². The van der Waals surface area contributed by atoms with Crippen LogP contribution in [0.5, 0.6) is 0 Å². The smallest absolute Gasteiger partial charge is 0.258 e. The molecular formula is C19H24N2O3S. The third-order valence-corrected chi connectivity index (χ3v) is 5.79. The number of nitrogens with zero attached hydrogens (tertiary/aromatic N) is 2. The summed E-state index contributed by atoms with van der Waals surface area (Å²) in [6.07, 6.45) is 0. The number of rotatable bonds is 5. The molecule has 0 bridgehead atoms. The molecule has 0 heterocycles. The number of anilines is 1. The highest BCUT2D eigenvalue weighted by atomic mass is 32.2. The summed E-state index contributed by atoms with van der Waals surface area (Å²) in [4.78, 5) is 14.7. The molecule has 2 aromatic carbocycles. The number of sulfonamides is 1. The minimum atomic E-state index is -3.50. The third-order valence-electron chi connectivity index (χ3n) is 3.96. The van der Waals surface area contributed by atoms with Gasteiger partial charge in [-0.15, -0.1) is 0 Å². The number of hydrogen-bond acceptors (Lipinski definition) is 3. The van der Waals surface area contributed by atoms with Gasteiger partial charge in [-0.3, -0.25) is 4.79 Å². The Hall–Kier alpha value is -2.18. The van der Waals surface area contributed by atoms with E-state index in [0.29, 0.717) is 12.1 Å². The summed E-state index contributed by atoms with van der Waals surface area (Å²) in [6.45, 7) is 6.44. The lowest BCUT2D eigenvalue weighted by Gasteiger charge is -2.22. The van der Waals surface area contributed by atoms with E-state index in [2.05, 4.69) is 6.07 Å². The van der Waals surface area contributed by atoms with Crippen molar-refractivity contribution in [1.29, 1.82) is 0 Å². The first kappa shape index (κ1) is 19.1. The quantitative estimate of drug-likeness (QED) is 0.823. The van der Waals surface area contributed by atoms with Crippen molar-refractivity contribution in [3.8, 4) is 0 Å². The van der Waals surface area contributed by atoms with Crippen molar-refractivity contribution in [3.63, 3.8) is 0 Å². The van der Waals surface area contributed by atoms with Crippen LogP contribution in [-0.2, 0) is 10.0 Å². The number of carbonyl (C=O) groups excluding carboxylic acids is 1. The van der Waals surface area contributed by atoms with Crippen LogP contribution in [0.15, 0.2) is 47.4 Å². The first-order chi connectivity index (χ1) is 11.7. The van der Waals surface area contributed by atoms with E-state index in [0.717, 1.165) is 21.1 Å². The predicted octanol–water partition coefficient (Wildman–Crippen LogP) is 3.22. The normalized spacial score (nSPS) is 11.6. The summed E-state index contributed by atoms with van der Waals surface area (Å²) in [5.41, 5.74) is 3.48. The molecular weight excluding hydrogens is 336 g/mol. The maximum Gasteiger partial charge on any atom is 0.258 e. The van der Waals surface area contributed by atoms with Gasteiger partial charge < -0.3 is 4.90 Å². The lowest BCUT2D eigenvalue weighted by Crippen LogP contribution is -2.30. The van der Waals surface area contributed by atoms with Gasteiger partial charge in [0.25, 0.3) is 5.91 Å². The topological polar surface area (TPSA) is 57.7 Å². The van der Waals surface area contributed by atoms with Gasteiger partial charge in [0.1, 0.15) is 0 Å². The molecule has 2 rings (SSSR count). The predicted molar refractivity (Wildman–Crippen MR) is 101 cm³/mol. The molecule has 5 nitrogen and oxygen atoms in total. The number of amides is 1. The van der Waals surface area contributed by atoms with Crippen molar-refractivity contribution >= 4 is 21.6 Å². The van der Waals surface area contributed by atoms with Crippen molar-refractivity contribution < 1.29 is 13.2 Å². The highest BCUT2D eigenvalue weighted by Crippen LogP contribution is 2.22. The second kappa shape index (κ2) is 7.37. The Balaban J connectivity index is 2.35. The number of hydrogen-bond donors (Lipinski definition) is 0. The van der Waals surface area contributed by atoms with Crippen LogP contribution in [0.3, 0.4) is 0 Å². The fourth-order valence-electron chi connectivity index (χ4n) is 2.69. The molecule has 0 atom stereocenters. The lowest BCUT2D eigenvalue weighted by molar-refractivity contribution is 0.0988. The molecule has 25 heavy (non-hydrogen) atoms. The molecule has 0 radical (unpaired) electrons. The molecule has 1 amide bonds. The van der Waals surface area contributed by atoms with Crippen molar-refractivity contribution in [2.75, 3.05) is 25.5 Å². The maximum atomic E-state index is 12.9. The van der Waals surface area contributed by atoms with Gasteiger partial charge in [-0.05, 0) is 68.3 Å². The third kappa shape index (κ3) is 4.08. The largest absolute Gasteiger partial charge is 0.309 e. The molecule has 134 valence electrons. The summed E-state index contributed by atoms with van der Waals surface area (Å²) in [7, 11) is -0.541. The van der Waals surface area contributed by atoms with E-state index in [1.807, 2.05) is 32.9 Å². The first-order valence-electron chi connectivity index (χ1n) is 8.09. The maximum absolute atomic E-state index is 12.9. The molecule has 0 saturated carbocycles. The van der Waals surface area contributed by atoms with E-state index in [1.165, 1.54) is 26.2 Å². The fraction of sp³-hybridized carbons (Fsp3) is 0.316. The van der Waals surface area contributed by atoms with Crippen molar-refractivity contribution in [2.45, 2.75) is 25.7 Å². The highest BCUT2D eigenvalue weighted by Gasteiger charge is 2.20. The summed E-state index contributed by atoms with van der Waals surface area (Å²) in [5.74, 6) is -0.152. The van der Waals surface area contributed by atoms with Crippen molar-refractivity contribution in [3.05, 3.63) is 59.2 Å². The Morgan fingerprint density at radius 2 is 1.48 bits per heavy atom. The van der Waals surface area contributed by atoms with Crippen LogP contribution >= 0.6 is 0 Å². The van der Waals surface area contributed by atoms with Gasteiger partial charge in [0.15, 0.2) is 0 Å². The average molecular weight is 360 g/mol. The molecule has 0 aliphatic heterocycles. The minimum Gasteiger partial charge on any atom is -0.309 e. The zero-order chi connectivity index (χ0) is 18.8. The molecule has 0 aliphatic rings. The van der Waals surface area contributed by atoms with Gasteiger partial charge in [-0.2, -0.15) is 0 Å². The Labute approximate surface area is 149 Å². The van der Waals surface area contributed by atoms with E-state index < -0.39 is 10.0 Å². The first-order valence-corrected chi connectivity index (χ1v) is 9.53. The lowest BCUT2D eigenvalue weighted by atomic mass is 10.1. The van der Waals surface area contributed by atoms with Gasteiger partial charge in [0.2, 0.25) is 10.0 Å². The zero-order valence-electron chi connectivity index (χ0n) is 15.3. The monoisotopic (exact) mass is 360 g/mol. The minimum absolute atomic E-state index is 0.152. The Kier molecular flexibility index (Phi) is 5.65. The van der Waals surface area contributed by atoms with Gasteiger partial charge in [0, 0.05) is 31.9 Å². The Morgan fingerprint density at radius 1 is 0.960 bits per heavy atom. The molecule has 0 spiro atoms. The zero-order valence-corrected chi connectivity index (χ0v) is 16.1. The van der Waals surface area contributed by atoms with Crippen molar-refractivity contribution in [2.24, 2.45) is 0 Å². The van der Waals surface area contributed by atoms with E-state index in [-0.39, 0.29) is 10.8 Å². The molecule has 0 saturated heterocycles. The molecule has 0 unspecified atom stereocenters. The van der Waals surface area contributed by atoms with E-state index in [9.17, 15) is 13.2 Å². The molecule has 0 fully saturated rings. The second-order valence-corrected chi connectivity index (χ2v) is 8.36. The van der Waals surface area contributed by atoms with E-state index in [4.69, 9.17) is 0 Å². The van der Waals surface area contributed by atoms with Gasteiger partial charge in [-0.1, -0.05) is 6.07 Å². The Morgan fingerprint density at radius 3 is 1.92 bits per heavy atom. The summed E-state index contributed by atoms with van der Waals surface area (Å²) in [5, 5.41) is 0. The van der Waals surface area contributed by atoms with Gasteiger partial charge in [-0.25, -0.2) is 12.7 Å². The molecule has 6 heteroatoms. The number of benzene rings is 2. The van der Waals surface area contributed by atoms with Crippen molar-refractivity contribution in [1.82, 2.24) is 4.31 Å². The van der Waals surface area contributed by atoms with Gasteiger partial charge >= 0.3 is 0 Å². The standard InChI is InChI=1S/C19H24N2O3S/c1-6-21(17-12-14(2)11-15(3)13-17)19(22)16-7-9-18(10-8-16)25(23,24)20(4)5/h7-13H,6H2,1-5H3. The summed E-state index contributed by atoms with van der Waals surface area (Å²) in [6, 6.07) is 12.1. The van der Waals surface area contributed by atoms with Crippen LogP contribution in [-0.4, -0.2) is 39.3 Å². The average Bonchev–Trinajstić information content (AvgIpc) is 2.54. The molecule has 2 aromatic rings. The van der Waals surface area contributed by atoms with Crippen LogP contribution in [0, 0.1) is 13.8 Å². The number of aryl methyl sites for hydroxylation is 2. The molecule has 0 aliphatic carbocycles. The van der Waals surface area contributed by atoms with E-state index >= 15 is 0 Å². The van der Waals surface area contributed by atoms with E-state index in [1.54, 1.807) is 17.0 Å².